The predicted octanol–water partition coefficient (Wildman–Crippen LogP) is 6.01. The van der Waals surface area contributed by atoms with Crippen molar-refractivity contribution < 1.29 is 20.5 Å². The number of hydrogen-bond acceptors (Lipinski definition) is 0. The number of rotatable bonds is 1. The van der Waals surface area contributed by atoms with Crippen molar-refractivity contribution in [2.24, 2.45) is 0 Å². The van der Waals surface area contributed by atoms with Gasteiger partial charge in [0.2, 0.25) is 0 Å². The Morgan fingerprint density at radius 1 is 0.900 bits per heavy atom. The normalized spacial score (nSPS) is 12.1. The second kappa shape index (κ2) is 7.59. The Balaban J connectivity index is 0.000000452. The molecule has 0 aliphatic heterocycles. The number of hydrogen-bond donors (Lipinski definition) is 0. The van der Waals surface area contributed by atoms with Gasteiger partial charge in [-0.25, -0.2) is 0 Å². The molecule has 3 rings (SSSR count). The molecule has 1 radical (unpaired) electrons. The van der Waals surface area contributed by atoms with Gasteiger partial charge < -0.3 is 0 Å². The molecule has 101 valence electrons. The standard InChI is InChI=1S/C17H15.2ClH.Hf/c1-12-6-8-14(9-7-12)16-5-3-4-15-10-13(2)11-17(15)16;;;/h3-11H,1-2H3;2*1H;/q;;;+2/p-2. The molecular weight excluding hydrogens is 454 g/mol. The van der Waals surface area contributed by atoms with Gasteiger partial charge in [-0.2, -0.15) is 0 Å². The van der Waals surface area contributed by atoms with Gasteiger partial charge in [0, 0.05) is 6.42 Å². The van der Waals surface area contributed by atoms with E-state index in [-0.39, 0.29) is 0 Å². The summed E-state index contributed by atoms with van der Waals surface area (Å²) < 4.78 is 0. The molecule has 0 saturated heterocycles. The van der Waals surface area contributed by atoms with Crippen LogP contribution in [0.15, 0.2) is 48.0 Å². The molecule has 2 aromatic rings. The van der Waals surface area contributed by atoms with E-state index < -0.39 is 20.5 Å². The first kappa shape index (κ1) is 16.0. The zero-order valence-corrected chi connectivity index (χ0v) is 16.6. The number of aryl methyl sites for hydroxylation is 1. The molecule has 1 aliphatic rings. The number of fused-ring (bicyclic) bond motifs is 1. The van der Waals surface area contributed by atoms with E-state index in [1.54, 1.807) is 0 Å². The number of benzene rings is 2. The summed E-state index contributed by atoms with van der Waals surface area (Å²) in [5.41, 5.74) is 7.95. The quantitative estimate of drug-likeness (QED) is 0.450. The van der Waals surface area contributed by atoms with E-state index in [0.29, 0.717) is 0 Å². The maximum atomic E-state index is 4.96. The Morgan fingerprint density at radius 3 is 2.20 bits per heavy atom. The SMILES string of the molecule is CC1=Cc2c(cccc2-c2ccc(C)cc2)[CH]1.[Cl][Hf][Cl]. The van der Waals surface area contributed by atoms with Crippen molar-refractivity contribution in [2.45, 2.75) is 13.8 Å². The van der Waals surface area contributed by atoms with Gasteiger partial charge in [0.15, 0.2) is 0 Å². The minimum absolute atomic E-state index is 0.972. The van der Waals surface area contributed by atoms with Gasteiger partial charge in [-0.3, -0.25) is 0 Å². The molecule has 0 aromatic heterocycles. The second-order valence-corrected chi connectivity index (χ2v) is 9.97. The third kappa shape index (κ3) is 3.84. The maximum absolute atomic E-state index is 4.96. The van der Waals surface area contributed by atoms with E-state index in [2.05, 4.69) is 68.8 Å². The fourth-order valence-electron chi connectivity index (χ4n) is 2.37. The first-order chi connectivity index (χ1) is 9.65. The summed E-state index contributed by atoms with van der Waals surface area (Å²) in [7, 11) is 9.92. The third-order valence-corrected chi connectivity index (χ3v) is 3.26. The van der Waals surface area contributed by atoms with E-state index in [0.717, 1.165) is 0 Å². The van der Waals surface area contributed by atoms with Crippen LogP contribution in [0.5, 0.6) is 0 Å². The third-order valence-electron chi connectivity index (χ3n) is 3.26. The summed E-state index contributed by atoms with van der Waals surface area (Å²) in [5.74, 6) is 0. The molecule has 0 N–H and O–H groups in total. The van der Waals surface area contributed by atoms with Gasteiger partial charge in [0.05, 0.1) is 0 Å². The Hall–Kier alpha value is -0.370. The summed E-state index contributed by atoms with van der Waals surface area (Å²) in [6.45, 7) is 4.27. The number of allylic oxidation sites excluding steroid dienone is 1. The van der Waals surface area contributed by atoms with Gasteiger partial charge in [-0.05, 0) is 36.1 Å². The van der Waals surface area contributed by atoms with Gasteiger partial charge in [-0.1, -0.05) is 59.7 Å². The predicted molar refractivity (Wildman–Crippen MR) is 85.4 cm³/mol. The van der Waals surface area contributed by atoms with Crippen LogP contribution in [-0.2, 0) is 20.5 Å². The van der Waals surface area contributed by atoms with Crippen LogP contribution in [0.2, 0.25) is 0 Å². The molecule has 1 aliphatic carbocycles. The van der Waals surface area contributed by atoms with E-state index in [1.807, 2.05) is 0 Å². The van der Waals surface area contributed by atoms with Gasteiger partial charge in [0.1, 0.15) is 0 Å². The summed E-state index contributed by atoms with van der Waals surface area (Å²) >= 11 is -0.972. The van der Waals surface area contributed by atoms with Crippen molar-refractivity contribution in [3.05, 3.63) is 71.1 Å². The van der Waals surface area contributed by atoms with Gasteiger partial charge >= 0.3 is 37.7 Å². The molecule has 0 saturated carbocycles. The molecule has 0 nitrogen and oxygen atoms in total. The molecule has 0 unspecified atom stereocenters. The Bertz CT molecular complexity index is 615. The molecule has 0 atom stereocenters. The molecule has 20 heavy (non-hydrogen) atoms. The van der Waals surface area contributed by atoms with Crippen LogP contribution in [0, 0.1) is 13.3 Å². The second-order valence-electron chi connectivity index (χ2n) is 4.78. The Labute approximate surface area is 139 Å². The van der Waals surface area contributed by atoms with Gasteiger partial charge in [0.25, 0.3) is 0 Å². The minimum atomic E-state index is -0.972. The van der Waals surface area contributed by atoms with Crippen LogP contribution in [0.25, 0.3) is 17.2 Å². The van der Waals surface area contributed by atoms with E-state index in [1.165, 1.54) is 33.4 Å². The van der Waals surface area contributed by atoms with E-state index >= 15 is 0 Å². The van der Waals surface area contributed by atoms with Crippen LogP contribution in [0.1, 0.15) is 23.6 Å². The van der Waals surface area contributed by atoms with Crippen LogP contribution in [-0.4, -0.2) is 0 Å². The molecule has 0 bridgehead atoms. The van der Waals surface area contributed by atoms with E-state index in [4.69, 9.17) is 17.2 Å². The molecule has 2 aromatic carbocycles. The zero-order valence-electron chi connectivity index (χ0n) is 11.5. The molecule has 0 amide bonds. The fraction of sp³-hybridized carbons (Fsp3) is 0.118. The molecule has 0 fully saturated rings. The monoisotopic (exact) mass is 469 g/mol. The summed E-state index contributed by atoms with van der Waals surface area (Å²) in [4.78, 5) is 0. The van der Waals surface area contributed by atoms with Crippen molar-refractivity contribution in [2.75, 3.05) is 0 Å². The van der Waals surface area contributed by atoms with Crippen LogP contribution >= 0.6 is 17.2 Å². The molecule has 3 heteroatoms. The van der Waals surface area contributed by atoms with Crippen molar-refractivity contribution in [3.63, 3.8) is 0 Å². The molecule has 0 spiro atoms. The number of halogens is 2. The average Bonchev–Trinajstić information content (AvgIpc) is 2.80. The molecular formula is C17H15Cl2Hf. The van der Waals surface area contributed by atoms with Crippen molar-refractivity contribution in [1.29, 1.82) is 0 Å². The van der Waals surface area contributed by atoms with Crippen molar-refractivity contribution in [3.8, 4) is 11.1 Å². The van der Waals surface area contributed by atoms with Crippen LogP contribution in [0.3, 0.4) is 0 Å². The molecule has 0 heterocycles. The topological polar surface area (TPSA) is 0 Å². The summed E-state index contributed by atoms with van der Waals surface area (Å²) in [6.07, 6.45) is 4.51. The summed E-state index contributed by atoms with van der Waals surface area (Å²) in [6, 6.07) is 15.3. The first-order valence-corrected chi connectivity index (χ1v) is 15.3. The fourth-order valence-corrected chi connectivity index (χ4v) is 2.37. The average molecular weight is 469 g/mol. The van der Waals surface area contributed by atoms with E-state index in [9.17, 15) is 0 Å². The van der Waals surface area contributed by atoms with Crippen LogP contribution < -0.4 is 0 Å². The van der Waals surface area contributed by atoms with Crippen molar-refractivity contribution >= 4 is 23.2 Å². The zero-order chi connectivity index (χ0) is 14.5. The summed E-state index contributed by atoms with van der Waals surface area (Å²) in [5, 5.41) is 0. The van der Waals surface area contributed by atoms with Crippen molar-refractivity contribution in [1.82, 2.24) is 0 Å². The van der Waals surface area contributed by atoms with Gasteiger partial charge in [-0.15, -0.1) is 0 Å². The van der Waals surface area contributed by atoms with Crippen LogP contribution in [0.4, 0.5) is 0 Å². The Kier molecular flexibility index (Phi) is 6.07. The first-order valence-electron chi connectivity index (χ1n) is 6.35. The Morgan fingerprint density at radius 2 is 1.55 bits per heavy atom.